The molecular weight excluding hydrogens is 505 g/mol. The van der Waals surface area contributed by atoms with Gasteiger partial charge in [0.05, 0.1) is 31.1 Å². The van der Waals surface area contributed by atoms with Crippen molar-refractivity contribution >= 4 is 29.9 Å². The van der Waals surface area contributed by atoms with Gasteiger partial charge in [-0.2, -0.15) is 5.10 Å². The average molecular weight is 535 g/mol. The number of methoxy groups -OCH3 is 1. The Morgan fingerprint density at radius 3 is 2.52 bits per heavy atom. The number of ether oxygens (including phenoxy) is 1. The van der Waals surface area contributed by atoms with Gasteiger partial charge in [-0.25, -0.2) is 9.67 Å². The van der Waals surface area contributed by atoms with Crippen molar-refractivity contribution in [2.24, 2.45) is 4.99 Å². The van der Waals surface area contributed by atoms with E-state index in [1.54, 1.807) is 7.11 Å². The molecule has 1 atom stereocenters. The van der Waals surface area contributed by atoms with E-state index in [0.29, 0.717) is 25.5 Å². The highest BCUT2D eigenvalue weighted by Crippen LogP contribution is 2.15. The number of aliphatic hydroxyl groups is 1. The molecule has 1 aromatic heterocycles. The Labute approximate surface area is 200 Å². The number of nitrogens with zero attached hydrogens (tertiary/aromatic N) is 3. The molecule has 0 saturated carbocycles. The maximum Gasteiger partial charge on any atom is 0.191 e. The lowest BCUT2D eigenvalue weighted by Crippen LogP contribution is -2.38. The van der Waals surface area contributed by atoms with Crippen LogP contribution in [-0.2, 0) is 6.54 Å². The van der Waals surface area contributed by atoms with Gasteiger partial charge in [0.1, 0.15) is 5.75 Å². The minimum absolute atomic E-state index is 0. The fourth-order valence-corrected chi connectivity index (χ4v) is 3.00. The zero-order valence-corrected chi connectivity index (χ0v) is 20.2. The number of aliphatic hydroxyl groups excluding tert-OH is 1. The maximum absolute atomic E-state index is 10.3. The van der Waals surface area contributed by atoms with Crippen molar-refractivity contribution in [2.45, 2.75) is 26.0 Å². The van der Waals surface area contributed by atoms with E-state index in [4.69, 9.17) is 4.74 Å². The summed E-state index contributed by atoms with van der Waals surface area (Å²) in [6, 6.07) is 19.4. The van der Waals surface area contributed by atoms with E-state index < -0.39 is 6.10 Å². The smallest absolute Gasteiger partial charge is 0.191 e. The van der Waals surface area contributed by atoms with Gasteiger partial charge in [0, 0.05) is 19.3 Å². The normalized spacial score (nSPS) is 12.0. The van der Waals surface area contributed by atoms with Gasteiger partial charge >= 0.3 is 0 Å². The van der Waals surface area contributed by atoms with Crippen molar-refractivity contribution in [1.82, 2.24) is 20.4 Å². The molecule has 0 aliphatic carbocycles. The molecule has 0 radical (unpaired) electrons. The predicted molar refractivity (Wildman–Crippen MR) is 134 cm³/mol. The molecule has 7 nitrogen and oxygen atoms in total. The third kappa shape index (κ3) is 7.55. The largest absolute Gasteiger partial charge is 0.497 e. The van der Waals surface area contributed by atoms with Crippen LogP contribution in [0.5, 0.6) is 5.75 Å². The number of hydrogen-bond donors (Lipinski definition) is 3. The lowest BCUT2D eigenvalue weighted by molar-refractivity contribution is 0.168. The summed E-state index contributed by atoms with van der Waals surface area (Å²) in [5.41, 5.74) is 2.75. The Bertz CT molecular complexity index is 929. The number of halogens is 1. The number of hydrogen-bond acceptors (Lipinski definition) is 4. The minimum atomic E-state index is -0.498. The van der Waals surface area contributed by atoms with E-state index in [2.05, 4.69) is 20.7 Å². The molecule has 0 aliphatic heterocycles. The Kier molecular flexibility index (Phi) is 10.3. The van der Waals surface area contributed by atoms with Crippen molar-refractivity contribution in [1.29, 1.82) is 0 Å². The predicted octanol–water partition coefficient (Wildman–Crippen LogP) is 3.68. The van der Waals surface area contributed by atoms with Gasteiger partial charge in [0.25, 0.3) is 0 Å². The quantitative estimate of drug-likeness (QED) is 0.221. The van der Waals surface area contributed by atoms with Crippen molar-refractivity contribution in [2.75, 3.05) is 20.2 Å². The lowest BCUT2D eigenvalue weighted by atomic mass is 10.1. The van der Waals surface area contributed by atoms with Gasteiger partial charge < -0.3 is 20.5 Å². The summed E-state index contributed by atoms with van der Waals surface area (Å²) in [5.74, 6) is 1.52. The molecule has 0 spiro atoms. The standard InChI is InChI=1S/C23H29N5O2.HI/c1-3-24-23(25-15-13-22(29)18-7-5-4-6-8-18)26-17-19-14-16-28(27-19)20-9-11-21(30-2)12-10-20;/h4-12,14,16,22,29H,3,13,15,17H2,1-2H3,(H2,24,25,26);1H. The molecule has 3 rings (SSSR count). The molecule has 0 saturated heterocycles. The van der Waals surface area contributed by atoms with Crippen LogP contribution in [0.2, 0.25) is 0 Å². The van der Waals surface area contributed by atoms with Gasteiger partial charge in [0.15, 0.2) is 5.96 Å². The van der Waals surface area contributed by atoms with Gasteiger partial charge in [0.2, 0.25) is 0 Å². The second-order valence-corrected chi connectivity index (χ2v) is 6.79. The Morgan fingerprint density at radius 2 is 1.84 bits per heavy atom. The van der Waals surface area contributed by atoms with Crippen LogP contribution in [0.15, 0.2) is 71.9 Å². The summed E-state index contributed by atoms with van der Waals surface area (Å²) in [6.07, 6.45) is 2.02. The summed E-state index contributed by atoms with van der Waals surface area (Å²) in [5, 5.41) is 21.4. The average Bonchev–Trinajstić information content (AvgIpc) is 3.27. The first kappa shape index (κ1) is 24.7. The first-order valence-electron chi connectivity index (χ1n) is 10.1. The van der Waals surface area contributed by atoms with E-state index in [1.165, 1.54) is 0 Å². The van der Waals surface area contributed by atoms with Crippen molar-refractivity contribution in [3.8, 4) is 11.4 Å². The zero-order valence-electron chi connectivity index (χ0n) is 17.9. The fraction of sp³-hybridized carbons (Fsp3) is 0.304. The molecule has 0 amide bonds. The summed E-state index contributed by atoms with van der Waals surface area (Å²) in [6.45, 7) is 3.85. The molecule has 1 unspecified atom stereocenters. The van der Waals surface area contributed by atoms with Crippen LogP contribution in [0.3, 0.4) is 0 Å². The molecule has 8 heteroatoms. The Balaban J connectivity index is 0.00000341. The molecular formula is C23H30IN5O2. The highest BCUT2D eigenvalue weighted by molar-refractivity contribution is 14.0. The molecule has 166 valence electrons. The number of aromatic nitrogens is 2. The lowest BCUT2D eigenvalue weighted by Gasteiger charge is -2.14. The number of aliphatic imine (C=N–C) groups is 1. The third-order valence-electron chi connectivity index (χ3n) is 4.62. The number of nitrogens with one attached hydrogen (secondary N) is 2. The van der Waals surface area contributed by atoms with Crippen LogP contribution in [0.25, 0.3) is 5.69 Å². The minimum Gasteiger partial charge on any atom is -0.497 e. The summed E-state index contributed by atoms with van der Waals surface area (Å²) >= 11 is 0. The van der Waals surface area contributed by atoms with Crippen molar-refractivity contribution < 1.29 is 9.84 Å². The van der Waals surface area contributed by atoms with Crippen molar-refractivity contribution in [3.05, 3.63) is 78.1 Å². The molecule has 0 fully saturated rings. The van der Waals surface area contributed by atoms with E-state index in [-0.39, 0.29) is 24.0 Å². The second kappa shape index (κ2) is 13.0. The highest BCUT2D eigenvalue weighted by Gasteiger charge is 2.07. The molecule has 1 heterocycles. The SMILES string of the molecule is CCNC(=NCc1ccn(-c2ccc(OC)cc2)n1)NCCC(O)c1ccccc1.I. The molecule has 0 aliphatic rings. The van der Waals surface area contributed by atoms with Crippen LogP contribution in [0.1, 0.15) is 30.7 Å². The van der Waals surface area contributed by atoms with Crippen LogP contribution in [0, 0.1) is 0 Å². The van der Waals surface area contributed by atoms with E-state index in [9.17, 15) is 5.11 Å². The van der Waals surface area contributed by atoms with Gasteiger partial charge in [-0.15, -0.1) is 24.0 Å². The first-order valence-corrected chi connectivity index (χ1v) is 10.1. The topological polar surface area (TPSA) is 83.7 Å². The van der Waals surface area contributed by atoms with E-state index in [1.807, 2.05) is 78.5 Å². The van der Waals surface area contributed by atoms with E-state index in [0.717, 1.165) is 29.2 Å². The molecule has 31 heavy (non-hydrogen) atoms. The highest BCUT2D eigenvalue weighted by atomic mass is 127. The second-order valence-electron chi connectivity index (χ2n) is 6.79. The van der Waals surface area contributed by atoms with E-state index >= 15 is 0 Å². The summed E-state index contributed by atoms with van der Waals surface area (Å²) in [7, 11) is 1.65. The van der Waals surface area contributed by atoms with Crippen LogP contribution in [-0.4, -0.2) is 41.0 Å². The van der Waals surface area contributed by atoms with Gasteiger partial charge in [-0.1, -0.05) is 30.3 Å². The molecule has 2 aromatic carbocycles. The maximum atomic E-state index is 10.3. The van der Waals surface area contributed by atoms with Gasteiger partial charge in [-0.05, 0) is 49.2 Å². The Hall–Kier alpha value is -2.59. The monoisotopic (exact) mass is 535 g/mol. The molecule has 3 aromatic rings. The summed E-state index contributed by atoms with van der Waals surface area (Å²) in [4.78, 5) is 4.60. The van der Waals surface area contributed by atoms with Gasteiger partial charge in [-0.3, -0.25) is 0 Å². The number of benzene rings is 2. The first-order chi connectivity index (χ1) is 14.7. The van der Waals surface area contributed by atoms with Crippen LogP contribution in [0.4, 0.5) is 0 Å². The number of guanidine groups is 1. The van der Waals surface area contributed by atoms with Crippen LogP contribution >= 0.6 is 24.0 Å². The Morgan fingerprint density at radius 1 is 1.10 bits per heavy atom. The fourth-order valence-electron chi connectivity index (χ4n) is 3.00. The zero-order chi connectivity index (χ0) is 21.2. The summed E-state index contributed by atoms with van der Waals surface area (Å²) < 4.78 is 7.01. The molecule has 3 N–H and O–H groups in total. The van der Waals surface area contributed by atoms with Crippen molar-refractivity contribution in [3.63, 3.8) is 0 Å². The van der Waals surface area contributed by atoms with Crippen LogP contribution < -0.4 is 15.4 Å². The third-order valence-corrected chi connectivity index (χ3v) is 4.62. The number of rotatable bonds is 9. The molecule has 0 bridgehead atoms.